The van der Waals surface area contributed by atoms with Gasteiger partial charge in [-0.3, -0.25) is 4.79 Å². The fourth-order valence-electron chi connectivity index (χ4n) is 1.49. The van der Waals surface area contributed by atoms with E-state index in [4.69, 9.17) is 16.3 Å². The molecule has 72 valence electrons. The average molecular weight is 210 g/mol. The van der Waals surface area contributed by atoms with Crippen molar-refractivity contribution in [1.82, 2.24) is 4.98 Å². The van der Waals surface area contributed by atoms with Crippen molar-refractivity contribution in [3.63, 3.8) is 0 Å². The van der Waals surface area contributed by atoms with Gasteiger partial charge in [0.1, 0.15) is 10.9 Å². The van der Waals surface area contributed by atoms with Gasteiger partial charge in [-0.15, -0.1) is 0 Å². The van der Waals surface area contributed by atoms with E-state index in [1.54, 1.807) is 13.2 Å². The number of ether oxygens (including phenoxy) is 1. The predicted molar refractivity (Wildman–Crippen MR) is 55.2 cm³/mol. The van der Waals surface area contributed by atoms with E-state index in [1.807, 2.05) is 12.1 Å². The number of hydrogen-bond acceptors (Lipinski definition) is 2. The highest BCUT2D eigenvalue weighted by molar-refractivity contribution is 6.34. The molecule has 0 saturated carbocycles. The molecule has 0 saturated heterocycles. The van der Waals surface area contributed by atoms with Crippen LogP contribution in [0.2, 0.25) is 5.15 Å². The number of aromatic amines is 1. The molecule has 0 spiro atoms. The lowest BCUT2D eigenvalue weighted by molar-refractivity contribution is 0.112. The fraction of sp³-hybridized carbons (Fsp3) is 0.100. The van der Waals surface area contributed by atoms with Crippen LogP contribution in [0.25, 0.3) is 10.9 Å². The quantitative estimate of drug-likeness (QED) is 0.773. The van der Waals surface area contributed by atoms with E-state index in [-0.39, 0.29) is 0 Å². The lowest BCUT2D eigenvalue weighted by atomic mass is 10.2. The van der Waals surface area contributed by atoms with Crippen molar-refractivity contribution in [3.05, 3.63) is 28.9 Å². The Morgan fingerprint density at radius 3 is 2.93 bits per heavy atom. The van der Waals surface area contributed by atoms with Crippen molar-refractivity contribution in [3.8, 4) is 5.75 Å². The van der Waals surface area contributed by atoms with Gasteiger partial charge in [-0.2, -0.15) is 0 Å². The van der Waals surface area contributed by atoms with Crippen molar-refractivity contribution in [2.24, 2.45) is 0 Å². The minimum Gasteiger partial charge on any atom is -0.496 e. The number of methoxy groups -OCH3 is 1. The van der Waals surface area contributed by atoms with E-state index in [0.717, 1.165) is 17.2 Å². The van der Waals surface area contributed by atoms with E-state index in [9.17, 15) is 4.79 Å². The summed E-state index contributed by atoms with van der Waals surface area (Å²) in [5.41, 5.74) is 1.25. The number of aromatic nitrogens is 1. The van der Waals surface area contributed by atoms with Gasteiger partial charge in [0.2, 0.25) is 0 Å². The summed E-state index contributed by atoms with van der Waals surface area (Å²) in [6, 6.07) is 5.47. The molecule has 3 nitrogen and oxygen atoms in total. The van der Waals surface area contributed by atoms with E-state index in [1.165, 1.54) is 0 Å². The predicted octanol–water partition coefficient (Wildman–Crippen LogP) is 2.64. The van der Waals surface area contributed by atoms with Crippen LogP contribution in [0, 0.1) is 0 Å². The van der Waals surface area contributed by atoms with Crippen molar-refractivity contribution in [1.29, 1.82) is 0 Å². The minimum atomic E-state index is 0.347. The number of nitrogens with one attached hydrogen (secondary N) is 1. The van der Waals surface area contributed by atoms with Crippen LogP contribution in [0.15, 0.2) is 18.2 Å². The highest BCUT2D eigenvalue weighted by Gasteiger charge is 2.12. The number of hydrogen-bond donors (Lipinski definition) is 1. The first-order valence-electron chi connectivity index (χ1n) is 4.07. The molecule has 0 aliphatic rings. The molecule has 2 aromatic rings. The third-order valence-electron chi connectivity index (χ3n) is 2.11. The number of aldehydes is 1. The van der Waals surface area contributed by atoms with E-state index < -0.39 is 0 Å². The molecule has 1 aromatic carbocycles. The molecule has 0 unspecified atom stereocenters. The van der Waals surface area contributed by atoms with E-state index in [2.05, 4.69) is 4.98 Å². The summed E-state index contributed by atoms with van der Waals surface area (Å²) < 4.78 is 5.15. The number of carbonyl (C=O) groups excluding carboxylic acids is 1. The summed E-state index contributed by atoms with van der Waals surface area (Å²) in [6.07, 6.45) is 0.726. The Balaban J connectivity index is 2.89. The number of halogens is 1. The van der Waals surface area contributed by atoms with Crippen LogP contribution >= 0.6 is 11.6 Å². The first kappa shape index (κ1) is 9.09. The first-order chi connectivity index (χ1) is 6.77. The molecule has 0 bridgehead atoms. The molecule has 1 heterocycles. The topological polar surface area (TPSA) is 42.1 Å². The molecule has 0 amide bonds. The maximum Gasteiger partial charge on any atom is 0.153 e. The highest BCUT2D eigenvalue weighted by atomic mass is 35.5. The monoisotopic (exact) mass is 209 g/mol. The lowest BCUT2D eigenvalue weighted by Gasteiger charge is -2.00. The molecular formula is C10H8ClNO2. The highest BCUT2D eigenvalue weighted by Crippen LogP contribution is 2.31. The third-order valence-corrected chi connectivity index (χ3v) is 2.41. The van der Waals surface area contributed by atoms with Gasteiger partial charge >= 0.3 is 0 Å². The molecule has 1 N–H and O–H groups in total. The Kier molecular flexibility index (Phi) is 2.17. The van der Waals surface area contributed by atoms with E-state index >= 15 is 0 Å². The second-order valence-electron chi connectivity index (χ2n) is 2.85. The standard InChI is InChI=1S/C10H8ClNO2/c1-14-8-4-2-3-7-9(8)6(5-13)10(11)12-7/h2-5,12H,1H3. The maximum atomic E-state index is 10.8. The SMILES string of the molecule is COc1cccc2[nH]c(Cl)c(C=O)c12. The zero-order valence-corrected chi connectivity index (χ0v) is 8.26. The average Bonchev–Trinajstić information content (AvgIpc) is 2.52. The molecule has 0 fully saturated rings. The molecule has 1 aromatic heterocycles. The van der Waals surface area contributed by atoms with Crippen LogP contribution in [-0.2, 0) is 0 Å². The lowest BCUT2D eigenvalue weighted by Crippen LogP contribution is -1.85. The van der Waals surface area contributed by atoms with Gasteiger partial charge in [-0.25, -0.2) is 0 Å². The van der Waals surface area contributed by atoms with Gasteiger partial charge in [-0.1, -0.05) is 17.7 Å². The van der Waals surface area contributed by atoms with Crippen LogP contribution in [0.3, 0.4) is 0 Å². The molecular weight excluding hydrogens is 202 g/mol. The molecule has 0 aliphatic carbocycles. The minimum absolute atomic E-state index is 0.347. The van der Waals surface area contributed by atoms with Gasteiger partial charge in [0, 0.05) is 0 Å². The molecule has 4 heteroatoms. The number of H-pyrrole nitrogens is 1. The second-order valence-corrected chi connectivity index (χ2v) is 3.23. The number of fused-ring (bicyclic) bond motifs is 1. The number of rotatable bonds is 2. The van der Waals surface area contributed by atoms with Crippen LogP contribution in [-0.4, -0.2) is 18.4 Å². The van der Waals surface area contributed by atoms with Gasteiger partial charge in [-0.05, 0) is 12.1 Å². The van der Waals surface area contributed by atoms with Crippen molar-refractivity contribution in [2.45, 2.75) is 0 Å². The molecule has 0 atom stereocenters. The largest absolute Gasteiger partial charge is 0.496 e. The van der Waals surface area contributed by atoms with Gasteiger partial charge in [0.25, 0.3) is 0 Å². The summed E-state index contributed by atoms with van der Waals surface area (Å²) in [7, 11) is 1.56. The van der Waals surface area contributed by atoms with Crippen LogP contribution in [0.5, 0.6) is 5.75 Å². The van der Waals surface area contributed by atoms with Crippen LogP contribution < -0.4 is 4.74 Å². The Morgan fingerprint density at radius 2 is 2.29 bits per heavy atom. The van der Waals surface area contributed by atoms with Crippen molar-refractivity contribution >= 4 is 28.8 Å². The molecule has 0 aliphatic heterocycles. The zero-order chi connectivity index (χ0) is 10.1. The van der Waals surface area contributed by atoms with Gasteiger partial charge in [0.05, 0.1) is 23.6 Å². The summed E-state index contributed by atoms with van der Waals surface area (Å²) >= 11 is 5.85. The van der Waals surface area contributed by atoms with Crippen LogP contribution in [0.4, 0.5) is 0 Å². The normalized spacial score (nSPS) is 10.4. The summed E-state index contributed by atoms with van der Waals surface area (Å²) in [6.45, 7) is 0. The number of benzene rings is 1. The molecule has 14 heavy (non-hydrogen) atoms. The number of carbonyl (C=O) groups is 1. The summed E-state index contributed by atoms with van der Waals surface area (Å²) in [5, 5.41) is 1.08. The Hall–Kier alpha value is -1.48. The van der Waals surface area contributed by atoms with Crippen molar-refractivity contribution < 1.29 is 9.53 Å². The smallest absolute Gasteiger partial charge is 0.153 e. The fourth-order valence-corrected chi connectivity index (χ4v) is 1.73. The summed E-state index contributed by atoms with van der Waals surface area (Å²) in [5.74, 6) is 0.646. The first-order valence-corrected chi connectivity index (χ1v) is 4.45. The Morgan fingerprint density at radius 1 is 1.50 bits per heavy atom. The second kappa shape index (κ2) is 3.35. The van der Waals surface area contributed by atoms with Gasteiger partial charge < -0.3 is 9.72 Å². The summed E-state index contributed by atoms with van der Waals surface area (Å²) in [4.78, 5) is 13.7. The molecule has 2 rings (SSSR count). The zero-order valence-electron chi connectivity index (χ0n) is 7.50. The van der Waals surface area contributed by atoms with Crippen molar-refractivity contribution in [2.75, 3.05) is 7.11 Å². The third kappa shape index (κ3) is 1.17. The van der Waals surface area contributed by atoms with E-state index in [0.29, 0.717) is 16.5 Å². The maximum absolute atomic E-state index is 10.8. The van der Waals surface area contributed by atoms with Crippen LogP contribution in [0.1, 0.15) is 10.4 Å². The Labute approximate surface area is 85.6 Å². The van der Waals surface area contributed by atoms with Gasteiger partial charge in [0.15, 0.2) is 6.29 Å². The Bertz CT molecular complexity index is 490. The molecule has 0 radical (unpaired) electrons.